The highest BCUT2D eigenvalue weighted by Gasteiger charge is 2.42. The zero-order valence-electron chi connectivity index (χ0n) is 17.0. The third-order valence-electron chi connectivity index (χ3n) is 4.68. The van der Waals surface area contributed by atoms with E-state index in [2.05, 4.69) is 5.32 Å². The molecule has 7 nitrogen and oxygen atoms in total. The molecule has 1 aromatic rings. The van der Waals surface area contributed by atoms with Crippen LogP contribution < -0.4 is 5.32 Å². The van der Waals surface area contributed by atoms with Gasteiger partial charge in [-0.2, -0.15) is 0 Å². The summed E-state index contributed by atoms with van der Waals surface area (Å²) in [5.74, 6) is -3.38. The Morgan fingerprint density at radius 1 is 0.929 bits per heavy atom. The second kappa shape index (κ2) is 8.73. The number of methoxy groups -OCH3 is 2. The maximum absolute atomic E-state index is 13.0. The van der Waals surface area contributed by atoms with E-state index in [9.17, 15) is 14.4 Å². The van der Waals surface area contributed by atoms with Crippen LogP contribution in [0.15, 0.2) is 40.7 Å². The van der Waals surface area contributed by atoms with Crippen molar-refractivity contribution in [2.75, 3.05) is 14.2 Å². The van der Waals surface area contributed by atoms with Gasteiger partial charge >= 0.3 is 17.9 Å². The van der Waals surface area contributed by atoms with Crippen LogP contribution in [0.4, 0.5) is 0 Å². The highest BCUT2D eigenvalue weighted by Crippen LogP contribution is 2.32. The van der Waals surface area contributed by atoms with E-state index >= 15 is 0 Å². The number of hydrogen-bond donors (Lipinski definition) is 1. The van der Waals surface area contributed by atoms with Crippen molar-refractivity contribution in [3.8, 4) is 0 Å². The van der Waals surface area contributed by atoms with Gasteiger partial charge < -0.3 is 19.5 Å². The van der Waals surface area contributed by atoms with Gasteiger partial charge in [-0.3, -0.25) is 4.79 Å². The average Bonchev–Trinajstić information content (AvgIpc) is 2.66. The van der Waals surface area contributed by atoms with Gasteiger partial charge in [0.05, 0.1) is 25.4 Å². The van der Waals surface area contributed by atoms with Gasteiger partial charge in [-0.25, -0.2) is 9.59 Å². The molecule has 0 unspecified atom stereocenters. The number of dihydropyridines is 1. The molecule has 150 valence electrons. The minimum atomic E-state index is -1.23. The standard InChI is InChI=1S/C21H25NO6/c1-11-7-8-12(2)15(9-11)10-28-21(25)18-16(19(23)26-5)13(3)22-14(4)17(18)20(24)27-6/h7-9,18,22H,10H2,1-6H3. The lowest BCUT2D eigenvalue weighted by atomic mass is 9.85. The Labute approximate surface area is 164 Å². The number of esters is 3. The van der Waals surface area contributed by atoms with Crippen LogP contribution in [0.2, 0.25) is 0 Å². The minimum Gasteiger partial charge on any atom is -0.466 e. The minimum absolute atomic E-state index is 0.0251. The second-order valence-corrected chi connectivity index (χ2v) is 6.66. The lowest BCUT2D eigenvalue weighted by Crippen LogP contribution is -2.37. The predicted octanol–water partition coefficient (Wildman–Crippen LogP) is 2.46. The van der Waals surface area contributed by atoms with Gasteiger partial charge in [0.2, 0.25) is 0 Å². The first-order valence-corrected chi connectivity index (χ1v) is 8.79. The molecule has 0 aliphatic carbocycles. The molecule has 1 N–H and O–H groups in total. The number of carbonyl (C=O) groups is 3. The number of ether oxygens (including phenoxy) is 3. The summed E-state index contributed by atoms with van der Waals surface area (Å²) in [5, 5.41) is 2.93. The van der Waals surface area contributed by atoms with Crippen molar-refractivity contribution in [3.05, 3.63) is 57.4 Å². The molecule has 0 atom stereocenters. The first-order valence-electron chi connectivity index (χ1n) is 8.79. The topological polar surface area (TPSA) is 90.9 Å². The largest absolute Gasteiger partial charge is 0.466 e. The number of allylic oxidation sites excluding steroid dienone is 2. The molecule has 1 aromatic carbocycles. The first-order chi connectivity index (χ1) is 13.2. The van der Waals surface area contributed by atoms with Gasteiger partial charge in [0.25, 0.3) is 0 Å². The monoisotopic (exact) mass is 387 g/mol. The molecule has 7 heteroatoms. The van der Waals surface area contributed by atoms with Gasteiger partial charge in [0.1, 0.15) is 12.5 Å². The maximum Gasteiger partial charge on any atom is 0.336 e. The van der Waals surface area contributed by atoms with Crippen LogP contribution >= 0.6 is 0 Å². The quantitative estimate of drug-likeness (QED) is 0.613. The Balaban J connectivity index is 2.40. The zero-order valence-corrected chi connectivity index (χ0v) is 17.0. The van der Waals surface area contributed by atoms with Crippen LogP contribution in [0.1, 0.15) is 30.5 Å². The molecule has 1 aliphatic rings. The van der Waals surface area contributed by atoms with Gasteiger partial charge in [0, 0.05) is 11.4 Å². The molecule has 28 heavy (non-hydrogen) atoms. The summed E-state index contributed by atoms with van der Waals surface area (Å²) in [4.78, 5) is 37.6. The summed E-state index contributed by atoms with van der Waals surface area (Å²) >= 11 is 0. The molecular weight excluding hydrogens is 362 g/mol. The molecule has 0 fully saturated rings. The summed E-state index contributed by atoms with van der Waals surface area (Å²) in [6.07, 6.45) is 0. The van der Waals surface area contributed by atoms with Gasteiger partial charge in [-0.15, -0.1) is 0 Å². The molecule has 0 amide bonds. The molecular formula is C21H25NO6. The van der Waals surface area contributed by atoms with Crippen LogP contribution in [0, 0.1) is 19.8 Å². The van der Waals surface area contributed by atoms with Gasteiger partial charge in [0.15, 0.2) is 0 Å². The van der Waals surface area contributed by atoms with E-state index in [1.807, 2.05) is 32.0 Å². The fraction of sp³-hybridized carbons (Fsp3) is 0.381. The summed E-state index contributed by atoms with van der Waals surface area (Å²) in [6, 6.07) is 5.84. The van der Waals surface area contributed by atoms with E-state index in [1.165, 1.54) is 14.2 Å². The molecule has 2 rings (SSSR count). The third kappa shape index (κ3) is 4.24. The lowest BCUT2D eigenvalue weighted by Gasteiger charge is -2.28. The zero-order chi connectivity index (χ0) is 21.0. The van der Waals surface area contributed by atoms with Crippen molar-refractivity contribution < 1.29 is 28.6 Å². The Bertz CT molecular complexity index is 843. The fourth-order valence-electron chi connectivity index (χ4n) is 3.18. The number of hydrogen-bond acceptors (Lipinski definition) is 7. The molecule has 1 aliphatic heterocycles. The van der Waals surface area contributed by atoms with Crippen LogP contribution in [-0.2, 0) is 35.2 Å². The highest BCUT2D eigenvalue weighted by atomic mass is 16.5. The Morgan fingerprint density at radius 3 is 1.96 bits per heavy atom. The summed E-state index contributed by atoms with van der Waals surface area (Å²) < 4.78 is 15.1. The molecule has 0 bridgehead atoms. The van der Waals surface area contributed by atoms with Crippen LogP contribution in [0.25, 0.3) is 0 Å². The molecule has 0 aromatic heterocycles. The average molecular weight is 387 g/mol. The number of rotatable bonds is 5. The maximum atomic E-state index is 13.0. The van der Waals surface area contributed by atoms with Crippen LogP contribution in [0.5, 0.6) is 0 Å². The van der Waals surface area contributed by atoms with E-state index in [1.54, 1.807) is 13.8 Å². The van der Waals surface area contributed by atoms with E-state index in [4.69, 9.17) is 14.2 Å². The summed E-state index contributed by atoms with van der Waals surface area (Å²) in [7, 11) is 2.42. The third-order valence-corrected chi connectivity index (χ3v) is 4.68. The highest BCUT2D eigenvalue weighted by molar-refractivity contribution is 6.05. The van der Waals surface area contributed by atoms with E-state index in [0.29, 0.717) is 11.4 Å². The Kier molecular flexibility index (Phi) is 6.62. The fourth-order valence-corrected chi connectivity index (χ4v) is 3.18. The van der Waals surface area contributed by atoms with E-state index < -0.39 is 23.8 Å². The molecule has 0 spiro atoms. The Hall–Kier alpha value is -3.09. The number of aryl methyl sites for hydroxylation is 2. The second-order valence-electron chi connectivity index (χ2n) is 6.66. The molecule has 1 heterocycles. The van der Waals surface area contributed by atoms with Crippen LogP contribution in [-0.4, -0.2) is 32.1 Å². The molecule has 0 radical (unpaired) electrons. The normalized spacial score (nSPS) is 14.5. The van der Waals surface area contributed by atoms with Crippen molar-refractivity contribution in [2.24, 2.45) is 5.92 Å². The van der Waals surface area contributed by atoms with Crippen molar-refractivity contribution in [1.29, 1.82) is 0 Å². The number of carbonyl (C=O) groups excluding carboxylic acids is 3. The van der Waals surface area contributed by atoms with Crippen molar-refractivity contribution >= 4 is 17.9 Å². The number of nitrogens with one attached hydrogen (secondary N) is 1. The van der Waals surface area contributed by atoms with Gasteiger partial charge in [-0.1, -0.05) is 23.8 Å². The smallest absolute Gasteiger partial charge is 0.336 e. The Morgan fingerprint density at radius 2 is 1.46 bits per heavy atom. The van der Waals surface area contributed by atoms with Crippen molar-refractivity contribution in [1.82, 2.24) is 5.32 Å². The van der Waals surface area contributed by atoms with Crippen LogP contribution in [0.3, 0.4) is 0 Å². The summed E-state index contributed by atoms with van der Waals surface area (Å²) in [5.41, 5.74) is 3.76. The first kappa shape index (κ1) is 21.2. The SMILES string of the molecule is COC(=O)C1=C(C)NC(C)=C(C(=O)OC)C1C(=O)OCc1cc(C)ccc1C. The van der Waals surface area contributed by atoms with Crippen molar-refractivity contribution in [3.63, 3.8) is 0 Å². The summed E-state index contributed by atoms with van der Waals surface area (Å²) in [6.45, 7) is 7.16. The van der Waals surface area contributed by atoms with E-state index in [-0.39, 0.29) is 17.8 Å². The van der Waals surface area contributed by atoms with Crippen molar-refractivity contribution in [2.45, 2.75) is 34.3 Å². The number of benzene rings is 1. The van der Waals surface area contributed by atoms with Gasteiger partial charge in [-0.05, 0) is 38.8 Å². The molecule has 0 saturated heterocycles. The predicted molar refractivity (Wildman–Crippen MR) is 102 cm³/mol. The molecule has 0 saturated carbocycles. The lowest BCUT2D eigenvalue weighted by molar-refractivity contribution is -0.152. The van der Waals surface area contributed by atoms with E-state index in [0.717, 1.165) is 16.7 Å².